The Morgan fingerprint density at radius 2 is 2.36 bits per heavy atom. The van der Waals surface area contributed by atoms with Crippen LogP contribution in [0.25, 0.3) is 0 Å². The van der Waals surface area contributed by atoms with Crippen LogP contribution in [0, 0.1) is 6.92 Å². The number of hydrogen-bond acceptors (Lipinski definition) is 4. The third kappa shape index (κ3) is 1.75. The van der Waals surface area contributed by atoms with Gasteiger partial charge >= 0.3 is 5.97 Å². The number of carbonyl (C=O) groups excluding carboxylic acids is 1. The van der Waals surface area contributed by atoms with E-state index in [9.17, 15) is 4.79 Å². The fourth-order valence-corrected chi connectivity index (χ4v) is 0.717. The molecule has 11 heavy (non-hydrogen) atoms. The predicted molar refractivity (Wildman–Crippen MR) is 38.6 cm³/mol. The van der Waals surface area contributed by atoms with E-state index in [1.807, 2.05) is 0 Å². The first-order valence-electron chi connectivity index (χ1n) is 3.09. The molecule has 0 fully saturated rings. The van der Waals surface area contributed by atoms with Gasteiger partial charge in [0.25, 0.3) is 0 Å². The Kier molecular flexibility index (Phi) is 2.18. The van der Waals surface area contributed by atoms with E-state index in [2.05, 4.69) is 15.7 Å². The summed E-state index contributed by atoms with van der Waals surface area (Å²) in [7, 11) is 0. The summed E-state index contributed by atoms with van der Waals surface area (Å²) in [6, 6.07) is 5.05. The lowest BCUT2D eigenvalue weighted by molar-refractivity contribution is 0.0496. The van der Waals surface area contributed by atoms with Crippen LogP contribution in [0.2, 0.25) is 0 Å². The fraction of sp³-hybridized carbons (Fsp3) is 0.143. The quantitative estimate of drug-likeness (QED) is 0.592. The second-order valence-corrected chi connectivity index (χ2v) is 2.07. The van der Waals surface area contributed by atoms with Crippen molar-refractivity contribution in [3.8, 4) is 0 Å². The zero-order valence-corrected chi connectivity index (χ0v) is 6.07. The molecule has 1 rings (SSSR count). The van der Waals surface area contributed by atoms with Crippen LogP contribution in [0.15, 0.2) is 18.2 Å². The molecule has 0 aliphatic heterocycles. The molecule has 0 amide bonds. The number of hydrogen-bond donors (Lipinski definition) is 1. The second kappa shape index (κ2) is 3.12. The van der Waals surface area contributed by atoms with E-state index >= 15 is 0 Å². The highest BCUT2D eigenvalue weighted by Crippen LogP contribution is 1.98. The van der Waals surface area contributed by atoms with Crippen LogP contribution >= 0.6 is 0 Å². The summed E-state index contributed by atoms with van der Waals surface area (Å²) in [5.74, 6) is 4.05. The Bertz CT molecular complexity index is 273. The number of pyridine rings is 1. The van der Waals surface area contributed by atoms with Crippen LogP contribution in [0.3, 0.4) is 0 Å². The fourth-order valence-electron chi connectivity index (χ4n) is 0.717. The van der Waals surface area contributed by atoms with E-state index < -0.39 is 5.97 Å². The summed E-state index contributed by atoms with van der Waals surface area (Å²) < 4.78 is 0. The first kappa shape index (κ1) is 7.68. The van der Waals surface area contributed by atoms with E-state index in [1.165, 1.54) is 0 Å². The molecule has 0 radical (unpaired) electrons. The number of nitrogens with two attached hydrogens (primary N) is 1. The van der Waals surface area contributed by atoms with Crippen molar-refractivity contribution in [3.63, 3.8) is 0 Å². The Morgan fingerprint density at radius 1 is 1.64 bits per heavy atom. The maximum Gasteiger partial charge on any atom is 0.375 e. The van der Waals surface area contributed by atoms with Crippen molar-refractivity contribution in [1.29, 1.82) is 0 Å². The molecule has 0 saturated carbocycles. The van der Waals surface area contributed by atoms with Crippen molar-refractivity contribution < 1.29 is 9.63 Å². The van der Waals surface area contributed by atoms with Gasteiger partial charge < -0.3 is 4.84 Å². The molecule has 0 bridgehead atoms. The smallest absolute Gasteiger partial charge is 0.368 e. The molecule has 1 aromatic heterocycles. The first-order valence-corrected chi connectivity index (χ1v) is 3.09. The van der Waals surface area contributed by atoms with Crippen molar-refractivity contribution in [1.82, 2.24) is 4.98 Å². The largest absolute Gasteiger partial charge is 0.375 e. The molecule has 0 unspecified atom stereocenters. The Hall–Kier alpha value is -1.42. The Balaban J connectivity index is 2.96. The summed E-state index contributed by atoms with van der Waals surface area (Å²) in [6.07, 6.45) is 0. The highest BCUT2D eigenvalue weighted by atomic mass is 16.7. The van der Waals surface area contributed by atoms with Gasteiger partial charge in [0.15, 0.2) is 0 Å². The van der Waals surface area contributed by atoms with E-state index in [0.29, 0.717) is 0 Å². The first-order chi connectivity index (χ1) is 5.24. The zero-order chi connectivity index (χ0) is 8.27. The van der Waals surface area contributed by atoms with E-state index in [0.717, 1.165) is 5.69 Å². The van der Waals surface area contributed by atoms with Crippen LogP contribution in [0.4, 0.5) is 0 Å². The summed E-state index contributed by atoms with van der Waals surface area (Å²) in [5.41, 5.74) is 0.986. The highest BCUT2D eigenvalue weighted by Gasteiger charge is 2.05. The molecule has 0 atom stereocenters. The molecule has 0 aliphatic carbocycles. The summed E-state index contributed by atoms with van der Waals surface area (Å²) in [5, 5.41) is 0. The van der Waals surface area contributed by atoms with Crippen molar-refractivity contribution in [2.45, 2.75) is 6.92 Å². The van der Waals surface area contributed by atoms with Crippen molar-refractivity contribution in [3.05, 3.63) is 29.6 Å². The van der Waals surface area contributed by atoms with Crippen LogP contribution in [0.1, 0.15) is 16.2 Å². The molecule has 0 aromatic carbocycles. The molecule has 0 spiro atoms. The molecule has 0 aliphatic rings. The van der Waals surface area contributed by atoms with Crippen LogP contribution in [-0.2, 0) is 4.84 Å². The SMILES string of the molecule is Cc1cccc(C(=O)ON)n1. The van der Waals surface area contributed by atoms with Gasteiger partial charge in [0, 0.05) is 5.69 Å². The maximum atomic E-state index is 10.8. The third-order valence-electron chi connectivity index (χ3n) is 1.20. The Labute approximate surface area is 63.9 Å². The molecular formula is C7H8N2O2. The van der Waals surface area contributed by atoms with Gasteiger partial charge in [-0.3, -0.25) is 0 Å². The highest BCUT2D eigenvalue weighted by molar-refractivity contribution is 5.86. The normalized spacial score (nSPS) is 9.27. The van der Waals surface area contributed by atoms with Gasteiger partial charge in [-0.05, 0) is 19.1 Å². The van der Waals surface area contributed by atoms with Crippen LogP contribution < -0.4 is 5.90 Å². The van der Waals surface area contributed by atoms with Crippen LogP contribution in [0.5, 0.6) is 0 Å². The van der Waals surface area contributed by atoms with E-state index in [1.54, 1.807) is 25.1 Å². The van der Waals surface area contributed by atoms with Gasteiger partial charge in [-0.25, -0.2) is 9.78 Å². The summed E-state index contributed by atoms with van der Waals surface area (Å²) in [4.78, 5) is 18.6. The number of nitrogens with zero attached hydrogens (tertiary/aromatic N) is 1. The number of aryl methyl sites for hydroxylation is 1. The van der Waals surface area contributed by atoms with Gasteiger partial charge in [0.2, 0.25) is 0 Å². The lowest BCUT2D eigenvalue weighted by atomic mass is 10.3. The average Bonchev–Trinajstić information content (AvgIpc) is 2.03. The molecule has 0 saturated heterocycles. The van der Waals surface area contributed by atoms with E-state index in [-0.39, 0.29) is 5.69 Å². The average molecular weight is 152 g/mol. The molecule has 4 nitrogen and oxygen atoms in total. The minimum absolute atomic E-state index is 0.229. The standard InChI is InChI=1S/C7H8N2O2/c1-5-3-2-4-6(9-5)7(10)11-8/h2-4H,8H2,1H3. The monoisotopic (exact) mass is 152 g/mol. The third-order valence-corrected chi connectivity index (χ3v) is 1.20. The van der Waals surface area contributed by atoms with Crippen molar-refractivity contribution in [2.75, 3.05) is 0 Å². The van der Waals surface area contributed by atoms with Crippen molar-refractivity contribution in [2.24, 2.45) is 5.90 Å². The van der Waals surface area contributed by atoms with Gasteiger partial charge in [-0.1, -0.05) is 6.07 Å². The minimum atomic E-state index is -0.617. The lowest BCUT2D eigenvalue weighted by Crippen LogP contribution is -2.11. The molecule has 1 aromatic rings. The number of rotatable bonds is 1. The van der Waals surface area contributed by atoms with Crippen LogP contribution in [-0.4, -0.2) is 11.0 Å². The molecule has 1 heterocycles. The number of carbonyl (C=O) groups is 1. The predicted octanol–water partition coefficient (Wildman–Crippen LogP) is 0.421. The molecule has 58 valence electrons. The second-order valence-electron chi connectivity index (χ2n) is 2.07. The zero-order valence-electron chi connectivity index (χ0n) is 6.07. The molecule has 4 heteroatoms. The summed E-state index contributed by atoms with van der Waals surface area (Å²) in [6.45, 7) is 1.79. The maximum absolute atomic E-state index is 10.8. The molecule has 2 N–H and O–H groups in total. The summed E-state index contributed by atoms with van der Waals surface area (Å²) >= 11 is 0. The van der Waals surface area contributed by atoms with Gasteiger partial charge in [0.05, 0.1) is 0 Å². The van der Waals surface area contributed by atoms with E-state index in [4.69, 9.17) is 0 Å². The topological polar surface area (TPSA) is 65.2 Å². The van der Waals surface area contributed by atoms with Gasteiger partial charge in [-0.2, -0.15) is 5.90 Å². The lowest BCUT2D eigenvalue weighted by Gasteiger charge is -1.96. The molecular weight excluding hydrogens is 144 g/mol. The van der Waals surface area contributed by atoms with Crippen molar-refractivity contribution >= 4 is 5.97 Å². The van der Waals surface area contributed by atoms with Gasteiger partial charge in [0.1, 0.15) is 5.69 Å². The van der Waals surface area contributed by atoms with Gasteiger partial charge in [-0.15, -0.1) is 0 Å². The number of aromatic nitrogens is 1. The Morgan fingerprint density at radius 3 is 2.91 bits per heavy atom. The minimum Gasteiger partial charge on any atom is -0.368 e.